The van der Waals surface area contributed by atoms with E-state index >= 15 is 0 Å². The molecule has 37 heavy (non-hydrogen) atoms. The maximum absolute atomic E-state index is 12.9. The number of aliphatic carboxylic acids is 2. The minimum Gasteiger partial charge on any atom is -0.478 e. The molecular weight excluding hydrogens is 496 g/mol. The molecule has 2 heterocycles. The van der Waals surface area contributed by atoms with Gasteiger partial charge in [0.25, 0.3) is 0 Å². The monoisotopic (exact) mass is 526 g/mol. The second-order valence-corrected chi connectivity index (χ2v) is 9.18. The summed E-state index contributed by atoms with van der Waals surface area (Å²) in [6.07, 6.45) is 2.06. The average Bonchev–Trinajstić information content (AvgIpc) is 3.01. The van der Waals surface area contributed by atoms with E-state index < -0.39 is 11.9 Å². The van der Waals surface area contributed by atoms with Gasteiger partial charge >= 0.3 is 11.9 Å². The third-order valence-electron chi connectivity index (χ3n) is 6.05. The lowest BCUT2D eigenvalue weighted by molar-refractivity contribution is -0.134. The van der Waals surface area contributed by atoms with Crippen molar-refractivity contribution >= 4 is 40.8 Å². The molecule has 1 fully saturated rings. The fourth-order valence-electron chi connectivity index (χ4n) is 4.14. The number of nitrogens with zero attached hydrogens (tertiary/aromatic N) is 4. The van der Waals surface area contributed by atoms with Crippen molar-refractivity contribution in [1.29, 1.82) is 0 Å². The number of carbonyl (C=O) groups excluding carboxylic acids is 1. The third-order valence-corrected chi connectivity index (χ3v) is 6.28. The molecule has 2 aromatic rings. The second-order valence-electron chi connectivity index (χ2n) is 8.75. The van der Waals surface area contributed by atoms with Gasteiger partial charge in [-0.25, -0.2) is 9.59 Å². The van der Waals surface area contributed by atoms with Crippen molar-refractivity contribution in [2.24, 2.45) is 4.99 Å². The fraction of sp³-hybridized carbons (Fsp3) is 0.333. The molecule has 9 nitrogen and oxygen atoms in total. The Hall–Kier alpha value is -3.53. The molecule has 2 aromatic carbocycles. The van der Waals surface area contributed by atoms with Crippen molar-refractivity contribution < 1.29 is 24.6 Å². The van der Waals surface area contributed by atoms with Crippen molar-refractivity contribution in [3.63, 3.8) is 0 Å². The number of aliphatic imine (C=N–C) groups is 1. The van der Waals surface area contributed by atoms with Crippen molar-refractivity contribution in [1.82, 2.24) is 9.80 Å². The first-order valence-electron chi connectivity index (χ1n) is 12.0. The molecule has 0 aromatic heterocycles. The molecule has 0 atom stereocenters. The summed E-state index contributed by atoms with van der Waals surface area (Å²) in [5.74, 6) is -2.47. The Balaban J connectivity index is 0.000000414. The topological polar surface area (TPSA) is 114 Å². The van der Waals surface area contributed by atoms with Gasteiger partial charge in [-0.1, -0.05) is 41.9 Å². The number of hydrogen-bond acceptors (Lipinski definition) is 6. The molecule has 0 aliphatic carbocycles. The molecule has 0 spiro atoms. The summed E-state index contributed by atoms with van der Waals surface area (Å²) in [6, 6.07) is 15.7. The van der Waals surface area contributed by atoms with Crippen LogP contribution in [0.4, 0.5) is 5.69 Å². The summed E-state index contributed by atoms with van der Waals surface area (Å²) in [6.45, 7) is 6.27. The summed E-state index contributed by atoms with van der Waals surface area (Å²) >= 11 is 6.32. The molecule has 0 bridgehead atoms. The molecule has 1 saturated heterocycles. The number of carboxylic acids is 2. The lowest BCUT2D eigenvalue weighted by atomic mass is 10.00. The SMILES string of the molecule is CN1CCN(CCCN2C(=O)CN=C(c3ccccc3)c3cc(Cl)ccc32)CC1.O=C(O)/C=C\C(=O)O. The number of rotatable bonds is 7. The number of likely N-dealkylation sites (N-methyl/N-ethyl adjacent to an activating group) is 1. The Kier molecular flexibility index (Phi) is 10.4. The number of hydrogen-bond donors (Lipinski definition) is 2. The van der Waals surface area contributed by atoms with Gasteiger partial charge in [-0.15, -0.1) is 0 Å². The van der Waals surface area contributed by atoms with E-state index in [0.29, 0.717) is 23.7 Å². The lowest BCUT2D eigenvalue weighted by Gasteiger charge is -2.33. The molecule has 0 radical (unpaired) electrons. The smallest absolute Gasteiger partial charge is 0.328 e. The van der Waals surface area contributed by atoms with Crippen LogP contribution < -0.4 is 4.90 Å². The van der Waals surface area contributed by atoms with E-state index in [1.165, 1.54) is 0 Å². The molecule has 10 heteroatoms. The van der Waals surface area contributed by atoms with Gasteiger partial charge in [0.1, 0.15) is 6.54 Å². The van der Waals surface area contributed by atoms with Crippen LogP contribution in [-0.2, 0) is 14.4 Å². The normalized spacial score (nSPS) is 16.4. The largest absolute Gasteiger partial charge is 0.478 e. The first-order chi connectivity index (χ1) is 17.7. The standard InChI is InChI=1S/C23H27ClN4O.C4H4O4/c1-26-12-14-27(15-13-26)10-5-11-28-21-9-8-19(24)16-20(21)23(25-17-22(28)29)18-6-3-2-4-7-18;5-3(6)1-2-4(7)8/h2-4,6-9,16H,5,10-15,17H2,1H3;1-2H,(H,5,6)(H,7,8)/b;2-1-. The van der Waals surface area contributed by atoms with Gasteiger partial charge in [-0.2, -0.15) is 0 Å². The fourth-order valence-corrected chi connectivity index (χ4v) is 4.31. The number of fused-ring (bicyclic) bond motifs is 1. The number of benzodiazepines with no additional fused rings is 1. The molecule has 196 valence electrons. The second kappa shape index (κ2) is 13.7. The van der Waals surface area contributed by atoms with Crippen molar-refractivity contribution in [3.05, 3.63) is 76.8 Å². The number of anilines is 1. The van der Waals surface area contributed by atoms with Crippen LogP contribution in [0.3, 0.4) is 0 Å². The molecule has 1 amide bonds. The molecular formula is C27H31ClN4O5. The van der Waals surface area contributed by atoms with Crippen LogP contribution in [0.5, 0.6) is 0 Å². The predicted molar refractivity (Wildman–Crippen MR) is 144 cm³/mol. The van der Waals surface area contributed by atoms with Crippen LogP contribution in [0, 0.1) is 0 Å². The number of amides is 1. The van der Waals surface area contributed by atoms with Crippen LogP contribution in [0.1, 0.15) is 17.5 Å². The summed E-state index contributed by atoms with van der Waals surface area (Å²) < 4.78 is 0. The quantitative estimate of drug-likeness (QED) is 0.533. The maximum Gasteiger partial charge on any atom is 0.328 e. The van der Waals surface area contributed by atoms with Gasteiger partial charge in [0, 0.05) is 61.0 Å². The van der Waals surface area contributed by atoms with Crippen LogP contribution >= 0.6 is 11.6 Å². The van der Waals surface area contributed by atoms with Crippen LogP contribution in [0.2, 0.25) is 5.02 Å². The zero-order chi connectivity index (χ0) is 26.8. The minimum atomic E-state index is -1.26. The molecule has 2 N–H and O–H groups in total. The van der Waals surface area contributed by atoms with Gasteiger partial charge in [-0.3, -0.25) is 9.79 Å². The first-order valence-corrected chi connectivity index (χ1v) is 12.4. The molecule has 2 aliphatic rings. The zero-order valence-corrected chi connectivity index (χ0v) is 21.5. The van der Waals surface area contributed by atoms with Crippen molar-refractivity contribution in [3.8, 4) is 0 Å². The van der Waals surface area contributed by atoms with E-state index in [1.807, 2.05) is 53.4 Å². The average molecular weight is 527 g/mol. The first kappa shape index (κ1) is 28.0. The highest BCUT2D eigenvalue weighted by molar-refractivity contribution is 6.32. The summed E-state index contributed by atoms with van der Waals surface area (Å²) in [5, 5.41) is 16.3. The number of carboxylic acid groups (broad SMARTS) is 2. The van der Waals surface area contributed by atoms with Gasteiger partial charge in [0.2, 0.25) is 5.91 Å². The van der Waals surface area contributed by atoms with Crippen LogP contribution in [0.25, 0.3) is 0 Å². The van der Waals surface area contributed by atoms with Gasteiger partial charge in [-0.05, 0) is 38.2 Å². The highest BCUT2D eigenvalue weighted by Crippen LogP contribution is 2.29. The Morgan fingerprint density at radius 2 is 1.62 bits per heavy atom. The van der Waals surface area contributed by atoms with Gasteiger partial charge in [0.15, 0.2) is 0 Å². The van der Waals surface area contributed by atoms with Crippen molar-refractivity contribution in [2.75, 3.05) is 57.8 Å². The molecule has 0 saturated carbocycles. The van der Waals surface area contributed by atoms with E-state index in [9.17, 15) is 14.4 Å². The Labute approximate surface area is 221 Å². The van der Waals surface area contributed by atoms with Crippen LogP contribution in [0.15, 0.2) is 65.7 Å². The van der Waals surface area contributed by atoms with Crippen molar-refractivity contribution in [2.45, 2.75) is 6.42 Å². The van der Waals surface area contributed by atoms with Gasteiger partial charge < -0.3 is 24.9 Å². The predicted octanol–water partition coefficient (Wildman–Crippen LogP) is 2.87. The van der Waals surface area contributed by atoms with E-state index in [-0.39, 0.29) is 12.5 Å². The Bertz CT molecular complexity index is 1140. The van der Waals surface area contributed by atoms with Gasteiger partial charge in [0.05, 0.1) is 11.4 Å². The number of benzene rings is 2. The molecule has 0 unspecified atom stereocenters. The van der Waals surface area contributed by atoms with E-state index in [4.69, 9.17) is 21.8 Å². The molecule has 4 rings (SSSR count). The summed E-state index contributed by atoms with van der Waals surface area (Å²) in [7, 11) is 2.17. The highest BCUT2D eigenvalue weighted by atomic mass is 35.5. The lowest BCUT2D eigenvalue weighted by Crippen LogP contribution is -2.45. The number of piperazine rings is 1. The number of carbonyl (C=O) groups is 3. The highest BCUT2D eigenvalue weighted by Gasteiger charge is 2.25. The summed E-state index contributed by atoms with van der Waals surface area (Å²) in [4.78, 5) is 43.4. The van der Waals surface area contributed by atoms with Crippen LogP contribution in [-0.4, -0.2) is 96.4 Å². The molecule has 2 aliphatic heterocycles. The van der Waals surface area contributed by atoms with E-state index in [2.05, 4.69) is 21.8 Å². The van der Waals surface area contributed by atoms with E-state index in [1.54, 1.807) is 0 Å². The Morgan fingerprint density at radius 1 is 0.973 bits per heavy atom. The van der Waals surface area contributed by atoms with E-state index in [0.717, 1.165) is 61.7 Å². The maximum atomic E-state index is 12.9. The Morgan fingerprint density at radius 3 is 2.24 bits per heavy atom. The minimum absolute atomic E-state index is 0.0397. The zero-order valence-electron chi connectivity index (χ0n) is 20.7. The third kappa shape index (κ3) is 8.52. The number of halogens is 1. The summed E-state index contributed by atoms with van der Waals surface area (Å²) in [5.41, 5.74) is 3.66.